The fourth-order valence-corrected chi connectivity index (χ4v) is 3.92. The smallest absolute Gasteiger partial charge is 0.376 e. The molecule has 2 heterocycles. The lowest BCUT2D eigenvalue weighted by Gasteiger charge is -2.21. The van der Waals surface area contributed by atoms with E-state index in [2.05, 4.69) is 10.4 Å². The molecule has 1 aliphatic carbocycles. The quantitative estimate of drug-likeness (QED) is 0.831. The zero-order chi connectivity index (χ0) is 18.6. The number of nitrogens with one attached hydrogen (secondary N) is 1. The number of amides is 1. The van der Waals surface area contributed by atoms with E-state index in [0.29, 0.717) is 31.1 Å². The van der Waals surface area contributed by atoms with E-state index < -0.39 is 11.9 Å². The van der Waals surface area contributed by atoms with Crippen molar-refractivity contribution in [3.63, 3.8) is 0 Å². The second-order valence-corrected chi connectivity index (χ2v) is 7.19. The predicted molar refractivity (Wildman–Crippen MR) is 89.4 cm³/mol. The summed E-state index contributed by atoms with van der Waals surface area (Å²) in [7, 11) is 0. The number of rotatable bonds is 6. The fourth-order valence-electron chi connectivity index (χ4n) is 3.92. The highest BCUT2D eigenvalue weighted by Gasteiger charge is 2.39. The van der Waals surface area contributed by atoms with Gasteiger partial charge in [-0.2, -0.15) is 18.3 Å². The normalized spacial score (nSPS) is 18.6. The van der Waals surface area contributed by atoms with Crippen LogP contribution in [0.4, 0.5) is 13.2 Å². The minimum Gasteiger partial charge on any atom is -0.376 e. The minimum atomic E-state index is -4.49. The van der Waals surface area contributed by atoms with E-state index in [0.717, 1.165) is 6.42 Å². The summed E-state index contributed by atoms with van der Waals surface area (Å²) in [6.45, 7) is 0.866. The molecule has 3 rings (SSSR count). The van der Waals surface area contributed by atoms with Gasteiger partial charge in [0, 0.05) is 30.6 Å². The van der Waals surface area contributed by atoms with Gasteiger partial charge in [0.2, 0.25) is 5.91 Å². The molecule has 1 aromatic heterocycles. The molecule has 0 bridgehead atoms. The van der Waals surface area contributed by atoms with Gasteiger partial charge in [-0.1, -0.05) is 32.1 Å². The first-order valence-electron chi connectivity index (χ1n) is 9.45. The number of hydrogen-bond donors (Lipinski definition) is 1. The van der Waals surface area contributed by atoms with Crippen LogP contribution in [0.5, 0.6) is 0 Å². The van der Waals surface area contributed by atoms with Crippen LogP contribution in [-0.2, 0) is 35.3 Å². The van der Waals surface area contributed by atoms with Crippen LogP contribution in [0.25, 0.3) is 0 Å². The van der Waals surface area contributed by atoms with Crippen LogP contribution in [0.3, 0.4) is 0 Å². The number of halogens is 3. The number of hydrogen-bond acceptors (Lipinski definition) is 3. The highest BCUT2D eigenvalue weighted by Crippen LogP contribution is 2.34. The van der Waals surface area contributed by atoms with Crippen LogP contribution in [0, 0.1) is 5.92 Å². The third kappa shape index (κ3) is 4.78. The molecule has 5 nitrogen and oxygen atoms in total. The molecule has 1 fully saturated rings. The number of aromatic nitrogens is 2. The fraction of sp³-hybridized carbons (Fsp3) is 0.778. The Morgan fingerprint density at radius 1 is 1.27 bits per heavy atom. The number of ether oxygens (including phenoxy) is 1. The van der Waals surface area contributed by atoms with Crippen molar-refractivity contribution in [1.82, 2.24) is 15.1 Å². The lowest BCUT2D eigenvalue weighted by Crippen LogP contribution is -2.28. The molecule has 2 aliphatic rings. The predicted octanol–water partition coefficient (Wildman–Crippen LogP) is 3.45. The molecule has 26 heavy (non-hydrogen) atoms. The van der Waals surface area contributed by atoms with Gasteiger partial charge in [-0.15, -0.1) is 0 Å². The lowest BCUT2D eigenvalue weighted by atomic mass is 9.86. The SMILES string of the molecule is O=C(CCC1CCCCC1)NCCn1nc(C(F)(F)F)c2c1CCOC2. The maximum Gasteiger partial charge on any atom is 0.435 e. The Morgan fingerprint density at radius 3 is 2.77 bits per heavy atom. The summed E-state index contributed by atoms with van der Waals surface area (Å²) in [4.78, 5) is 12.0. The van der Waals surface area contributed by atoms with Crippen molar-refractivity contribution in [3.8, 4) is 0 Å². The highest BCUT2D eigenvalue weighted by atomic mass is 19.4. The summed E-state index contributed by atoms with van der Waals surface area (Å²) in [5.41, 5.74) is -0.164. The Hall–Kier alpha value is -1.57. The average Bonchev–Trinajstić information content (AvgIpc) is 3.00. The van der Waals surface area contributed by atoms with Crippen LogP contribution in [0.2, 0.25) is 0 Å². The van der Waals surface area contributed by atoms with Gasteiger partial charge in [-0.3, -0.25) is 9.48 Å². The van der Waals surface area contributed by atoms with Gasteiger partial charge < -0.3 is 10.1 Å². The monoisotopic (exact) mass is 373 g/mol. The number of nitrogens with zero attached hydrogens (tertiary/aromatic N) is 2. The minimum absolute atomic E-state index is 0.0315. The average molecular weight is 373 g/mol. The van der Waals surface area contributed by atoms with Crippen molar-refractivity contribution < 1.29 is 22.7 Å². The molecule has 0 aromatic carbocycles. The molecular formula is C18H26F3N3O2. The number of carbonyl (C=O) groups is 1. The van der Waals surface area contributed by atoms with Gasteiger partial charge in [0.15, 0.2) is 5.69 Å². The molecule has 0 radical (unpaired) electrons. The van der Waals surface area contributed by atoms with Crippen LogP contribution in [0.15, 0.2) is 0 Å². The largest absolute Gasteiger partial charge is 0.435 e. The van der Waals surface area contributed by atoms with E-state index in [1.54, 1.807) is 0 Å². The standard InChI is InChI=1S/C18H26F3N3O2/c19-18(20,21)17-14-12-26-11-8-15(14)24(23-17)10-9-22-16(25)7-6-13-4-2-1-3-5-13/h13H,1-12H2,(H,22,25). The van der Waals surface area contributed by atoms with E-state index in [1.807, 2.05) is 0 Å². The molecule has 1 saturated carbocycles. The molecule has 0 atom stereocenters. The summed E-state index contributed by atoms with van der Waals surface area (Å²) in [5, 5.41) is 6.55. The van der Waals surface area contributed by atoms with Gasteiger partial charge in [-0.25, -0.2) is 0 Å². The molecular weight excluding hydrogens is 347 g/mol. The summed E-state index contributed by atoms with van der Waals surface area (Å²) in [5.74, 6) is 0.609. The molecule has 1 aliphatic heterocycles. The molecule has 1 amide bonds. The van der Waals surface area contributed by atoms with Crippen molar-refractivity contribution >= 4 is 5.91 Å². The van der Waals surface area contributed by atoms with Crippen LogP contribution in [0.1, 0.15) is 61.9 Å². The summed E-state index contributed by atoms with van der Waals surface area (Å²) in [6, 6.07) is 0. The van der Waals surface area contributed by atoms with Gasteiger partial charge in [0.05, 0.1) is 19.8 Å². The molecule has 8 heteroatoms. The first-order chi connectivity index (χ1) is 12.4. The number of fused-ring (bicyclic) bond motifs is 1. The van der Waals surface area contributed by atoms with Crippen molar-refractivity contribution in [2.45, 2.75) is 70.7 Å². The molecule has 0 spiro atoms. The molecule has 0 unspecified atom stereocenters. The Bertz CT molecular complexity index is 622. The van der Waals surface area contributed by atoms with Gasteiger partial charge in [-0.05, 0) is 12.3 Å². The van der Waals surface area contributed by atoms with E-state index >= 15 is 0 Å². The molecule has 0 saturated heterocycles. The Morgan fingerprint density at radius 2 is 2.04 bits per heavy atom. The number of carbonyl (C=O) groups excluding carboxylic acids is 1. The third-order valence-corrected chi connectivity index (χ3v) is 5.31. The highest BCUT2D eigenvalue weighted by molar-refractivity contribution is 5.75. The Labute approximate surface area is 151 Å². The van der Waals surface area contributed by atoms with Crippen molar-refractivity contribution in [3.05, 3.63) is 17.0 Å². The van der Waals surface area contributed by atoms with E-state index in [-0.39, 0.29) is 31.2 Å². The van der Waals surface area contributed by atoms with Crippen molar-refractivity contribution in [2.75, 3.05) is 13.2 Å². The second-order valence-electron chi connectivity index (χ2n) is 7.19. The van der Waals surface area contributed by atoms with E-state index in [4.69, 9.17) is 4.74 Å². The zero-order valence-electron chi connectivity index (χ0n) is 14.9. The van der Waals surface area contributed by atoms with E-state index in [9.17, 15) is 18.0 Å². The van der Waals surface area contributed by atoms with Gasteiger partial charge in [0.1, 0.15) is 0 Å². The summed E-state index contributed by atoms with van der Waals surface area (Å²) >= 11 is 0. The third-order valence-electron chi connectivity index (χ3n) is 5.31. The van der Waals surface area contributed by atoms with Crippen LogP contribution in [-0.4, -0.2) is 28.8 Å². The zero-order valence-corrected chi connectivity index (χ0v) is 14.9. The van der Waals surface area contributed by atoms with Crippen molar-refractivity contribution in [1.29, 1.82) is 0 Å². The summed E-state index contributed by atoms with van der Waals surface area (Å²) in [6.07, 6.45) is 3.52. The maximum atomic E-state index is 13.1. The first-order valence-corrected chi connectivity index (χ1v) is 9.45. The van der Waals surface area contributed by atoms with Crippen LogP contribution < -0.4 is 5.32 Å². The maximum absolute atomic E-state index is 13.1. The lowest BCUT2D eigenvalue weighted by molar-refractivity contribution is -0.142. The Kier molecular flexibility index (Phi) is 6.21. The topological polar surface area (TPSA) is 56.2 Å². The van der Waals surface area contributed by atoms with E-state index in [1.165, 1.54) is 36.8 Å². The van der Waals surface area contributed by atoms with Crippen LogP contribution >= 0.6 is 0 Å². The van der Waals surface area contributed by atoms with Gasteiger partial charge in [0.25, 0.3) is 0 Å². The molecule has 1 N–H and O–H groups in total. The second kappa shape index (κ2) is 8.41. The first kappa shape index (κ1) is 19.2. The summed E-state index contributed by atoms with van der Waals surface area (Å²) < 4.78 is 45.9. The molecule has 1 aromatic rings. The Balaban J connectivity index is 1.50. The number of alkyl halides is 3. The molecule has 146 valence electrons. The van der Waals surface area contributed by atoms with Crippen molar-refractivity contribution in [2.24, 2.45) is 5.92 Å². The van der Waals surface area contributed by atoms with Gasteiger partial charge >= 0.3 is 6.18 Å².